The van der Waals surface area contributed by atoms with E-state index in [0.29, 0.717) is 28.4 Å². The van der Waals surface area contributed by atoms with Gasteiger partial charge in [0.05, 0.1) is 7.11 Å². The normalized spacial score (nSPS) is 10.7. The molecular weight excluding hydrogens is 430 g/mol. The molecule has 0 aliphatic heterocycles. The molecule has 2 amide bonds. The van der Waals surface area contributed by atoms with E-state index in [1.807, 2.05) is 32.0 Å². The summed E-state index contributed by atoms with van der Waals surface area (Å²) < 4.78 is 10.8. The number of methoxy groups -OCH3 is 1. The number of rotatable bonds is 8. The highest BCUT2D eigenvalue weighted by molar-refractivity contribution is 6.10. The van der Waals surface area contributed by atoms with E-state index >= 15 is 0 Å². The van der Waals surface area contributed by atoms with Crippen molar-refractivity contribution in [1.29, 1.82) is 5.26 Å². The lowest BCUT2D eigenvalue weighted by molar-refractivity contribution is -0.118. The first-order valence-corrected chi connectivity index (χ1v) is 10.6. The maximum Gasteiger partial charge on any atom is 0.266 e. The van der Waals surface area contributed by atoms with Gasteiger partial charge in [0.2, 0.25) is 0 Å². The number of hydrogen-bond donors (Lipinski definition) is 2. The van der Waals surface area contributed by atoms with Gasteiger partial charge in [-0.05, 0) is 67.4 Å². The molecule has 0 heterocycles. The highest BCUT2D eigenvalue weighted by Crippen LogP contribution is 2.23. The summed E-state index contributed by atoms with van der Waals surface area (Å²) in [7, 11) is 1.57. The number of benzene rings is 3. The van der Waals surface area contributed by atoms with E-state index in [1.165, 1.54) is 6.08 Å². The Morgan fingerprint density at radius 1 is 0.971 bits per heavy atom. The number of anilines is 2. The summed E-state index contributed by atoms with van der Waals surface area (Å²) in [5, 5.41) is 15.1. The second-order valence-electron chi connectivity index (χ2n) is 7.47. The number of carbonyl (C=O) groups excluding carboxylic acids is 2. The van der Waals surface area contributed by atoms with Gasteiger partial charge in [0.15, 0.2) is 6.61 Å². The van der Waals surface area contributed by atoms with Gasteiger partial charge in [-0.3, -0.25) is 9.59 Å². The largest absolute Gasteiger partial charge is 0.497 e. The molecule has 0 saturated heterocycles. The predicted molar refractivity (Wildman–Crippen MR) is 132 cm³/mol. The van der Waals surface area contributed by atoms with Crippen LogP contribution in [-0.4, -0.2) is 25.5 Å². The fraction of sp³-hybridized carbons (Fsp3) is 0.148. The fourth-order valence-corrected chi connectivity index (χ4v) is 3.13. The third-order valence-corrected chi connectivity index (χ3v) is 5.17. The minimum Gasteiger partial charge on any atom is -0.497 e. The van der Waals surface area contributed by atoms with E-state index in [0.717, 1.165) is 11.1 Å². The van der Waals surface area contributed by atoms with Crippen molar-refractivity contribution < 1.29 is 19.1 Å². The van der Waals surface area contributed by atoms with Crippen molar-refractivity contribution in [3.05, 3.63) is 89.0 Å². The topological polar surface area (TPSA) is 100 Å². The Morgan fingerprint density at radius 2 is 1.71 bits per heavy atom. The lowest BCUT2D eigenvalue weighted by atomic mass is 10.1. The second-order valence-corrected chi connectivity index (χ2v) is 7.47. The van der Waals surface area contributed by atoms with Crippen LogP contribution in [0.5, 0.6) is 11.5 Å². The van der Waals surface area contributed by atoms with Crippen molar-refractivity contribution >= 4 is 29.3 Å². The van der Waals surface area contributed by atoms with Gasteiger partial charge >= 0.3 is 0 Å². The third-order valence-electron chi connectivity index (χ3n) is 5.17. The van der Waals surface area contributed by atoms with E-state index in [-0.39, 0.29) is 18.1 Å². The zero-order chi connectivity index (χ0) is 24.5. The maximum absolute atomic E-state index is 12.7. The fourth-order valence-electron chi connectivity index (χ4n) is 3.13. The lowest BCUT2D eigenvalue weighted by Gasteiger charge is -2.11. The number of nitrogens with zero attached hydrogens (tertiary/aromatic N) is 1. The number of para-hydroxylation sites is 1. The molecule has 0 aromatic heterocycles. The van der Waals surface area contributed by atoms with Crippen molar-refractivity contribution in [2.45, 2.75) is 13.8 Å². The van der Waals surface area contributed by atoms with E-state index in [1.54, 1.807) is 61.7 Å². The van der Waals surface area contributed by atoms with Gasteiger partial charge in [-0.15, -0.1) is 0 Å². The Balaban J connectivity index is 1.70. The van der Waals surface area contributed by atoms with Crippen LogP contribution in [0.25, 0.3) is 6.08 Å². The summed E-state index contributed by atoms with van der Waals surface area (Å²) >= 11 is 0. The molecule has 3 aromatic carbocycles. The van der Waals surface area contributed by atoms with E-state index in [9.17, 15) is 14.9 Å². The summed E-state index contributed by atoms with van der Waals surface area (Å²) in [6.45, 7) is 3.61. The van der Waals surface area contributed by atoms with Crippen molar-refractivity contribution in [1.82, 2.24) is 0 Å². The Morgan fingerprint density at radius 3 is 2.41 bits per heavy atom. The van der Waals surface area contributed by atoms with Gasteiger partial charge in [0, 0.05) is 16.9 Å². The van der Waals surface area contributed by atoms with Crippen LogP contribution in [0.3, 0.4) is 0 Å². The second kappa shape index (κ2) is 11.3. The monoisotopic (exact) mass is 455 g/mol. The molecule has 7 nitrogen and oxygen atoms in total. The Hall–Kier alpha value is -4.57. The molecule has 0 saturated carbocycles. The van der Waals surface area contributed by atoms with Crippen molar-refractivity contribution in [2.24, 2.45) is 0 Å². The number of nitriles is 1. The van der Waals surface area contributed by atoms with Crippen LogP contribution in [-0.2, 0) is 9.59 Å². The lowest BCUT2D eigenvalue weighted by Crippen LogP contribution is -2.20. The van der Waals surface area contributed by atoms with E-state index in [4.69, 9.17) is 9.47 Å². The van der Waals surface area contributed by atoms with Gasteiger partial charge in [0.1, 0.15) is 23.1 Å². The first-order chi connectivity index (χ1) is 16.4. The van der Waals surface area contributed by atoms with Crippen LogP contribution >= 0.6 is 0 Å². The van der Waals surface area contributed by atoms with Crippen LogP contribution in [0, 0.1) is 25.2 Å². The van der Waals surface area contributed by atoms with Gasteiger partial charge in [-0.25, -0.2) is 0 Å². The summed E-state index contributed by atoms with van der Waals surface area (Å²) in [5.41, 5.74) is 3.64. The Labute approximate surface area is 198 Å². The molecule has 0 fully saturated rings. The molecule has 2 N–H and O–H groups in total. The number of aryl methyl sites for hydroxylation is 1. The summed E-state index contributed by atoms with van der Waals surface area (Å²) in [6.07, 6.45) is 1.44. The average molecular weight is 456 g/mol. The summed E-state index contributed by atoms with van der Waals surface area (Å²) in [4.78, 5) is 25.0. The Bertz CT molecular complexity index is 1260. The predicted octanol–water partition coefficient (Wildman–Crippen LogP) is 4.88. The SMILES string of the molecule is COc1ccc(NC(=O)COc2ccccc2C=C(C#N)C(=O)Nc2cccc(C)c2C)cc1. The molecule has 0 bridgehead atoms. The third kappa shape index (κ3) is 6.24. The zero-order valence-electron chi connectivity index (χ0n) is 19.2. The molecule has 3 aromatic rings. The van der Waals surface area contributed by atoms with E-state index < -0.39 is 5.91 Å². The standard InChI is InChI=1S/C27H25N3O4/c1-18-7-6-9-24(19(18)2)30-27(32)21(16-28)15-20-8-4-5-10-25(20)34-17-26(31)29-22-11-13-23(33-3)14-12-22/h4-15H,17H2,1-3H3,(H,29,31)(H,30,32). The van der Waals surface area contributed by atoms with Gasteiger partial charge in [-0.1, -0.05) is 30.3 Å². The quantitative estimate of drug-likeness (QED) is 0.373. The minimum atomic E-state index is -0.525. The molecule has 0 radical (unpaired) electrons. The first-order valence-electron chi connectivity index (χ1n) is 10.6. The van der Waals surface area contributed by atoms with Crippen molar-refractivity contribution in [3.8, 4) is 17.6 Å². The van der Waals surface area contributed by atoms with Crippen LogP contribution < -0.4 is 20.1 Å². The molecule has 172 valence electrons. The van der Waals surface area contributed by atoms with Gasteiger partial charge in [-0.2, -0.15) is 5.26 Å². The molecule has 0 aliphatic rings. The van der Waals surface area contributed by atoms with Gasteiger partial charge < -0.3 is 20.1 Å². The number of hydrogen-bond acceptors (Lipinski definition) is 5. The molecule has 0 aliphatic carbocycles. The minimum absolute atomic E-state index is 0.0837. The van der Waals surface area contributed by atoms with Crippen LogP contribution in [0.1, 0.15) is 16.7 Å². The van der Waals surface area contributed by atoms with Gasteiger partial charge in [0.25, 0.3) is 11.8 Å². The van der Waals surface area contributed by atoms with Crippen LogP contribution in [0.2, 0.25) is 0 Å². The summed E-state index contributed by atoms with van der Waals surface area (Å²) in [6, 6.07) is 21.3. The smallest absolute Gasteiger partial charge is 0.266 e. The van der Waals surface area contributed by atoms with Crippen LogP contribution in [0.15, 0.2) is 72.3 Å². The Kier molecular flexibility index (Phi) is 8.03. The number of carbonyl (C=O) groups is 2. The average Bonchev–Trinajstić information content (AvgIpc) is 2.85. The number of nitrogens with one attached hydrogen (secondary N) is 2. The molecule has 34 heavy (non-hydrogen) atoms. The van der Waals surface area contributed by atoms with E-state index in [2.05, 4.69) is 10.6 Å². The summed E-state index contributed by atoms with van der Waals surface area (Å²) in [5.74, 6) is 0.185. The first kappa shape index (κ1) is 24.1. The zero-order valence-corrected chi connectivity index (χ0v) is 19.2. The highest BCUT2D eigenvalue weighted by atomic mass is 16.5. The molecular formula is C27H25N3O4. The molecule has 0 spiro atoms. The highest BCUT2D eigenvalue weighted by Gasteiger charge is 2.13. The molecule has 7 heteroatoms. The van der Waals surface area contributed by atoms with Crippen molar-refractivity contribution in [2.75, 3.05) is 24.4 Å². The maximum atomic E-state index is 12.7. The van der Waals surface area contributed by atoms with Crippen LogP contribution in [0.4, 0.5) is 11.4 Å². The molecule has 0 unspecified atom stereocenters. The number of ether oxygens (including phenoxy) is 2. The molecule has 0 atom stereocenters. The van der Waals surface area contributed by atoms with Crippen molar-refractivity contribution in [3.63, 3.8) is 0 Å². The number of amides is 2. The molecule has 3 rings (SSSR count).